The Balaban J connectivity index is 0.889. The molecule has 2 aliphatic heterocycles. The van der Waals surface area contributed by atoms with Gasteiger partial charge in [0.15, 0.2) is 11.6 Å². The quantitative estimate of drug-likeness (QED) is 0.0619. The molecule has 17 heteroatoms. The number of halogens is 1. The third-order valence-corrected chi connectivity index (χ3v) is 12.7. The van der Waals surface area contributed by atoms with E-state index in [1.165, 1.54) is 21.9 Å². The van der Waals surface area contributed by atoms with Crippen LogP contribution in [0.25, 0.3) is 22.1 Å². The number of aromatic nitrogens is 6. The summed E-state index contributed by atoms with van der Waals surface area (Å²) in [6.45, 7) is 9.34. The Labute approximate surface area is 346 Å². The number of aldehydes is 1. The number of nitrogens with one attached hydrogen (secondary N) is 2. The predicted octanol–water partition coefficient (Wildman–Crippen LogP) is 5.82. The number of carbonyl (C=O) groups is 2. The maximum Gasteiger partial charge on any atom is 0.247 e. The lowest BCUT2D eigenvalue weighted by Crippen LogP contribution is -2.48. The van der Waals surface area contributed by atoms with Crippen LogP contribution in [0, 0.1) is 23.1 Å². The first kappa shape index (κ1) is 40.0. The molecule has 2 bridgehead atoms. The van der Waals surface area contributed by atoms with Crippen LogP contribution in [0.2, 0.25) is 0 Å². The molecule has 4 unspecified atom stereocenters. The zero-order valence-electron chi connectivity index (χ0n) is 33.5. The van der Waals surface area contributed by atoms with Crippen molar-refractivity contribution in [2.45, 2.75) is 68.4 Å². The van der Waals surface area contributed by atoms with Crippen molar-refractivity contribution in [3.05, 3.63) is 72.6 Å². The normalized spacial score (nSPS) is 21.8. The molecule has 5 aromatic rings. The van der Waals surface area contributed by atoms with Gasteiger partial charge in [0.1, 0.15) is 24.1 Å². The number of nitrogens with zero attached hydrogens (tertiary/aromatic N) is 9. The summed E-state index contributed by atoms with van der Waals surface area (Å²) in [5.74, 6) is 1.60. The second-order valence-corrected chi connectivity index (χ2v) is 17.1. The average Bonchev–Trinajstić information content (AvgIpc) is 4.01. The number of aryl methyl sites for hydroxylation is 1. The fraction of sp³-hybridized carbons (Fsp3) is 0.405. The molecule has 59 heavy (non-hydrogen) atoms. The van der Waals surface area contributed by atoms with Gasteiger partial charge in [-0.1, -0.05) is 19.1 Å². The molecule has 308 valence electrons. The van der Waals surface area contributed by atoms with Crippen LogP contribution in [0.3, 0.4) is 0 Å². The molecule has 4 N–H and O–H groups in total. The van der Waals surface area contributed by atoms with Crippen LogP contribution >= 0.6 is 11.8 Å². The maximum atomic E-state index is 15.6. The molecule has 0 saturated carbocycles. The number of rotatable bonds is 16. The molecule has 0 spiro atoms. The van der Waals surface area contributed by atoms with Crippen molar-refractivity contribution in [1.82, 2.24) is 34.3 Å². The number of piperazine rings is 1. The zero-order chi connectivity index (χ0) is 41.4. The number of fused-ring (bicyclic) bond motifs is 4. The Hall–Kier alpha value is -5.81. The van der Waals surface area contributed by atoms with Crippen LogP contribution in [-0.4, -0.2) is 103 Å². The summed E-state index contributed by atoms with van der Waals surface area (Å²) < 4.78 is 24.9. The number of anilines is 4. The van der Waals surface area contributed by atoms with Gasteiger partial charge >= 0.3 is 0 Å². The molecule has 8 rings (SSSR count). The highest BCUT2D eigenvalue weighted by atomic mass is 32.2. The molecule has 3 aromatic heterocycles. The molecule has 2 fully saturated rings. The average molecular weight is 821 g/mol. The van der Waals surface area contributed by atoms with E-state index >= 15 is 4.39 Å². The van der Waals surface area contributed by atoms with Crippen molar-refractivity contribution in [2.24, 2.45) is 24.6 Å². The summed E-state index contributed by atoms with van der Waals surface area (Å²) in [6, 6.07) is 12.4. The third-order valence-electron chi connectivity index (χ3n) is 11.5. The number of thioether (sulfide) groups is 1. The SMILES string of the molecule is CC(C)Oc1c(/C(C=N)=C/N)ncn2nc(Nc3ccc(SC4C=C[C@@H](C)C(CN5CC6CC5CN6c5ccc6c(N(C=O)CCC=O)nn(C)c6c5)C4)cc3F)nc12. The number of carbonyl (C=O) groups excluding carboxylic acids is 2. The lowest BCUT2D eigenvalue weighted by Gasteiger charge is -2.39. The standard InChI is InChI=1S/C42H49FN12O3S/c1-25(2)58-39-38(28(18-44)19-45)46-23-55-41(39)48-42(50-55)47-36-11-9-33(17-35(36)43)59-32-8-6-26(3)27(14-32)20-53-21-31-15-30(53)22-54(31)29-7-10-34-37(16-29)51(4)49-40(34)52(24-57)12-5-13-56/h6-11,13,16-19,23-27,30-32,44H,5,12,14-15,20-22,45H2,1-4H3,(H,47,50)/b28-19+,44-18?/t26-,27?,30?,31?,32?/m1/s1. The zero-order valence-corrected chi connectivity index (χ0v) is 34.3. The van der Waals surface area contributed by atoms with E-state index in [0.717, 1.165) is 72.9 Å². The highest BCUT2D eigenvalue weighted by Gasteiger charge is 2.44. The summed E-state index contributed by atoms with van der Waals surface area (Å²) in [6.07, 6.45) is 12.2. The van der Waals surface area contributed by atoms with E-state index in [4.69, 9.17) is 15.9 Å². The summed E-state index contributed by atoms with van der Waals surface area (Å²) >= 11 is 1.68. The Kier molecular flexibility index (Phi) is 11.4. The number of amides is 1. The van der Waals surface area contributed by atoms with Crippen molar-refractivity contribution in [2.75, 3.05) is 41.3 Å². The number of allylic oxidation sites excluding steroid dienone is 2. The summed E-state index contributed by atoms with van der Waals surface area (Å²) in [5.41, 5.74) is 9.20. The number of ether oxygens (including phenoxy) is 1. The molecule has 0 radical (unpaired) electrons. The van der Waals surface area contributed by atoms with Gasteiger partial charge in [0.2, 0.25) is 18.0 Å². The van der Waals surface area contributed by atoms with E-state index < -0.39 is 5.82 Å². The predicted molar refractivity (Wildman–Crippen MR) is 229 cm³/mol. The minimum atomic E-state index is -0.411. The van der Waals surface area contributed by atoms with E-state index in [1.54, 1.807) is 23.9 Å². The van der Waals surface area contributed by atoms with Crippen LogP contribution in [0.5, 0.6) is 5.75 Å². The lowest BCUT2D eigenvalue weighted by molar-refractivity contribution is -0.108. The number of nitrogens with two attached hydrogens (primary N) is 1. The largest absolute Gasteiger partial charge is 0.485 e. The van der Waals surface area contributed by atoms with Gasteiger partial charge in [0.05, 0.1) is 17.3 Å². The first-order valence-electron chi connectivity index (χ1n) is 20.0. The van der Waals surface area contributed by atoms with Crippen LogP contribution < -0.4 is 25.6 Å². The van der Waals surface area contributed by atoms with E-state index in [0.29, 0.717) is 58.9 Å². The molecule has 1 aliphatic carbocycles. The minimum absolute atomic E-state index is 0.176. The smallest absolute Gasteiger partial charge is 0.247 e. The fourth-order valence-corrected chi connectivity index (χ4v) is 9.76. The monoisotopic (exact) mass is 820 g/mol. The fourth-order valence-electron chi connectivity index (χ4n) is 8.58. The van der Waals surface area contributed by atoms with Crippen LogP contribution in [-0.2, 0) is 16.6 Å². The first-order chi connectivity index (χ1) is 28.6. The molecule has 5 atom stereocenters. The van der Waals surface area contributed by atoms with Crippen molar-refractivity contribution >= 4 is 75.9 Å². The van der Waals surface area contributed by atoms with Crippen molar-refractivity contribution in [1.29, 1.82) is 5.41 Å². The number of hydrogen-bond acceptors (Lipinski definition) is 13. The van der Waals surface area contributed by atoms with E-state index in [-0.39, 0.29) is 29.4 Å². The van der Waals surface area contributed by atoms with Crippen LogP contribution in [0.1, 0.15) is 45.7 Å². The van der Waals surface area contributed by atoms with Crippen LogP contribution in [0.15, 0.2) is 66.0 Å². The third kappa shape index (κ3) is 8.00. The minimum Gasteiger partial charge on any atom is -0.485 e. The number of likely N-dealkylation sites (tertiary alicyclic amines) is 1. The van der Waals surface area contributed by atoms with Crippen LogP contribution in [0.4, 0.5) is 27.5 Å². The number of hydrogen-bond donors (Lipinski definition) is 3. The van der Waals surface area contributed by atoms with E-state index in [9.17, 15) is 9.59 Å². The second kappa shape index (κ2) is 16.8. The van der Waals surface area contributed by atoms with Crippen molar-refractivity contribution in [3.8, 4) is 5.75 Å². The van der Waals surface area contributed by atoms with Gasteiger partial charge in [-0.2, -0.15) is 14.6 Å². The Morgan fingerprint density at radius 3 is 2.69 bits per heavy atom. The van der Waals surface area contributed by atoms with Gasteiger partial charge in [-0.15, -0.1) is 16.9 Å². The Bertz CT molecular complexity index is 2450. The molecular weight excluding hydrogens is 772 g/mol. The summed E-state index contributed by atoms with van der Waals surface area (Å²) in [7, 11) is 1.89. The Morgan fingerprint density at radius 1 is 1.14 bits per heavy atom. The highest BCUT2D eigenvalue weighted by molar-refractivity contribution is 8.00. The van der Waals surface area contributed by atoms with Crippen molar-refractivity contribution < 1.29 is 18.7 Å². The first-order valence-corrected chi connectivity index (χ1v) is 20.8. The molecule has 3 aliphatic rings. The number of benzene rings is 2. The maximum absolute atomic E-state index is 15.6. The van der Waals surface area contributed by atoms with Crippen molar-refractivity contribution in [3.63, 3.8) is 0 Å². The molecule has 1 amide bonds. The van der Waals surface area contributed by atoms with Gasteiger partial charge in [-0.05, 0) is 74.9 Å². The Morgan fingerprint density at radius 2 is 1.98 bits per heavy atom. The van der Waals surface area contributed by atoms with E-state index in [2.05, 4.69) is 66.5 Å². The lowest BCUT2D eigenvalue weighted by atomic mass is 9.84. The molecular formula is C42H49FN12O3S. The van der Waals surface area contributed by atoms with Gasteiger partial charge in [-0.3, -0.25) is 19.3 Å². The molecule has 5 heterocycles. The summed E-state index contributed by atoms with van der Waals surface area (Å²) in [5, 5.41) is 20.9. The molecule has 15 nitrogen and oxygen atoms in total. The molecule has 2 aromatic carbocycles. The molecule has 2 saturated heterocycles. The van der Waals surface area contributed by atoms with Gasteiger partial charge < -0.3 is 30.9 Å². The van der Waals surface area contributed by atoms with Gasteiger partial charge in [0, 0.05) is 90.9 Å². The van der Waals surface area contributed by atoms with Gasteiger partial charge in [-0.25, -0.2) is 9.37 Å². The topological polar surface area (TPSA) is 176 Å². The van der Waals surface area contributed by atoms with E-state index in [1.807, 2.05) is 37.7 Å². The summed E-state index contributed by atoms with van der Waals surface area (Å²) in [4.78, 5) is 39.2. The highest BCUT2D eigenvalue weighted by Crippen LogP contribution is 2.41. The second-order valence-electron chi connectivity index (χ2n) is 15.8. The van der Waals surface area contributed by atoms with Gasteiger partial charge in [0.25, 0.3) is 0 Å².